The van der Waals surface area contributed by atoms with Crippen LogP contribution < -0.4 is 10.2 Å². The Balaban J connectivity index is 1.31. The number of hydrogen-bond donors (Lipinski definition) is 1. The summed E-state index contributed by atoms with van der Waals surface area (Å²) in [6.07, 6.45) is 5.41. The zero-order chi connectivity index (χ0) is 24.5. The van der Waals surface area contributed by atoms with Crippen molar-refractivity contribution in [1.29, 1.82) is 0 Å². The van der Waals surface area contributed by atoms with Crippen LogP contribution in [0.5, 0.6) is 0 Å². The van der Waals surface area contributed by atoms with Crippen molar-refractivity contribution >= 4 is 22.9 Å². The van der Waals surface area contributed by atoms with Crippen LogP contribution >= 0.6 is 0 Å². The van der Waals surface area contributed by atoms with E-state index in [1.165, 1.54) is 35.0 Å². The van der Waals surface area contributed by atoms with Crippen LogP contribution in [0.15, 0.2) is 42.5 Å². The van der Waals surface area contributed by atoms with Gasteiger partial charge in [0.2, 0.25) is 11.9 Å². The monoisotopic (exact) mass is 472 g/mol. The maximum Gasteiger partial charge on any atom is 0.223 e. The molecule has 0 radical (unpaired) electrons. The van der Waals surface area contributed by atoms with Crippen LogP contribution in [0.4, 0.5) is 5.95 Å². The Morgan fingerprint density at radius 2 is 1.80 bits per heavy atom. The molecule has 1 aliphatic heterocycles. The smallest absolute Gasteiger partial charge is 0.223 e. The highest BCUT2D eigenvalue weighted by atomic mass is 16.2. The number of rotatable bonds is 5. The van der Waals surface area contributed by atoms with Gasteiger partial charge in [-0.3, -0.25) is 4.79 Å². The van der Waals surface area contributed by atoms with Gasteiger partial charge in [0.05, 0.1) is 17.6 Å². The van der Waals surface area contributed by atoms with E-state index in [2.05, 4.69) is 84.9 Å². The average molecular weight is 473 g/mol. The Hall–Kier alpha value is -2.82. The molecule has 2 fully saturated rings. The van der Waals surface area contributed by atoms with E-state index >= 15 is 0 Å². The third-order valence-electron chi connectivity index (χ3n) is 8.65. The van der Waals surface area contributed by atoms with Crippen LogP contribution in [0, 0.1) is 31.6 Å². The van der Waals surface area contributed by atoms with Gasteiger partial charge in [0.25, 0.3) is 0 Å². The van der Waals surface area contributed by atoms with Crippen molar-refractivity contribution in [2.75, 3.05) is 18.0 Å². The molecule has 1 N–H and O–H groups in total. The number of hydrogen-bond acceptors (Lipinski definition) is 3. The number of imidazole rings is 1. The molecule has 5 heteroatoms. The number of anilines is 1. The van der Waals surface area contributed by atoms with E-state index in [0.29, 0.717) is 17.9 Å². The molecule has 1 aromatic heterocycles. The molecule has 1 saturated heterocycles. The number of nitrogens with zero attached hydrogens (tertiary/aromatic N) is 3. The molecule has 0 bridgehead atoms. The number of carbonyl (C=O) groups excluding carboxylic acids is 1. The molecule has 5 rings (SSSR count). The SMILES string of the molecule is Cc1ccc(C)c(Cn2c(N3CCC(C(=O)N[C@@H]4CCC[C@@H](C)[C@H]4C)CC3)nc3ccccc32)c1. The average Bonchev–Trinajstić information content (AvgIpc) is 3.22. The minimum absolute atomic E-state index is 0.104. The normalized spacial score (nSPS) is 23.5. The molecule has 2 aliphatic rings. The Bertz CT molecular complexity index is 1190. The molecule has 3 aromatic rings. The third-order valence-corrected chi connectivity index (χ3v) is 8.65. The van der Waals surface area contributed by atoms with E-state index in [-0.39, 0.29) is 11.8 Å². The van der Waals surface area contributed by atoms with E-state index in [4.69, 9.17) is 4.98 Å². The first kappa shape index (κ1) is 23.9. The van der Waals surface area contributed by atoms with Gasteiger partial charge in [0.15, 0.2) is 0 Å². The number of aromatic nitrogens is 2. The number of nitrogens with one attached hydrogen (secondary N) is 1. The summed E-state index contributed by atoms with van der Waals surface area (Å²) in [5.74, 6) is 2.66. The van der Waals surface area contributed by atoms with Gasteiger partial charge in [0.1, 0.15) is 0 Å². The second-order valence-electron chi connectivity index (χ2n) is 11.1. The van der Waals surface area contributed by atoms with Gasteiger partial charge in [-0.15, -0.1) is 0 Å². The van der Waals surface area contributed by atoms with E-state index < -0.39 is 0 Å². The molecule has 1 amide bonds. The second-order valence-corrected chi connectivity index (χ2v) is 11.1. The number of benzene rings is 2. The number of para-hydroxylation sites is 2. The molecule has 1 aliphatic carbocycles. The van der Waals surface area contributed by atoms with Crippen molar-refractivity contribution in [2.45, 2.75) is 72.4 Å². The van der Waals surface area contributed by atoms with Gasteiger partial charge in [-0.25, -0.2) is 4.98 Å². The van der Waals surface area contributed by atoms with Crippen molar-refractivity contribution < 1.29 is 4.79 Å². The summed E-state index contributed by atoms with van der Waals surface area (Å²) in [6.45, 7) is 11.5. The molecule has 0 spiro atoms. The van der Waals surface area contributed by atoms with Gasteiger partial charge < -0.3 is 14.8 Å². The highest BCUT2D eigenvalue weighted by molar-refractivity contribution is 5.80. The summed E-state index contributed by atoms with van der Waals surface area (Å²) in [5.41, 5.74) is 6.13. The summed E-state index contributed by atoms with van der Waals surface area (Å²) in [7, 11) is 0. The van der Waals surface area contributed by atoms with Crippen molar-refractivity contribution in [1.82, 2.24) is 14.9 Å². The molecule has 2 heterocycles. The van der Waals surface area contributed by atoms with Gasteiger partial charge in [-0.1, -0.05) is 62.6 Å². The molecule has 0 unspecified atom stereocenters. The fraction of sp³-hybridized carbons (Fsp3) is 0.533. The lowest BCUT2D eigenvalue weighted by Gasteiger charge is -2.37. The molecular weight excluding hydrogens is 432 g/mol. The molecule has 35 heavy (non-hydrogen) atoms. The van der Waals surface area contributed by atoms with Gasteiger partial charge in [-0.05, 0) is 68.2 Å². The summed E-state index contributed by atoms with van der Waals surface area (Å²) >= 11 is 0. The zero-order valence-electron chi connectivity index (χ0n) is 21.8. The van der Waals surface area contributed by atoms with Gasteiger partial charge in [0, 0.05) is 25.0 Å². The fourth-order valence-electron chi connectivity index (χ4n) is 6.03. The van der Waals surface area contributed by atoms with E-state index in [1.54, 1.807) is 0 Å². The minimum atomic E-state index is 0.104. The van der Waals surface area contributed by atoms with Crippen molar-refractivity contribution in [3.05, 3.63) is 59.2 Å². The van der Waals surface area contributed by atoms with Gasteiger partial charge in [-0.2, -0.15) is 0 Å². The topological polar surface area (TPSA) is 50.2 Å². The van der Waals surface area contributed by atoms with E-state index in [9.17, 15) is 4.79 Å². The maximum absolute atomic E-state index is 13.1. The number of fused-ring (bicyclic) bond motifs is 1. The Kier molecular flexibility index (Phi) is 6.86. The third kappa shape index (κ3) is 4.96. The first-order valence-corrected chi connectivity index (χ1v) is 13.5. The fourth-order valence-corrected chi connectivity index (χ4v) is 6.03. The molecular formula is C30H40N4O. The summed E-state index contributed by atoms with van der Waals surface area (Å²) < 4.78 is 2.36. The van der Waals surface area contributed by atoms with E-state index in [1.807, 2.05) is 0 Å². The first-order chi connectivity index (χ1) is 16.9. The highest BCUT2D eigenvalue weighted by Crippen LogP contribution is 2.31. The van der Waals surface area contributed by atoms with Crippen LogP contribution in [0.25, 0.3) is 11.0 Å². The van der Waals surface area contributed by atoms with Crippen LogP contribution in [-0.2, 0) is 11.3 Å². The second kappa shape index (κ2) is 10.0. The number of aryl methyl sites for hydroxylation is 2. The number of amides is 1. The standard InChI is InChI=1S/C30H40N4O/c1-20-12-13-22(3)25(18-20)19-34-28-11-6-5-9-27(28)32-30(34)33-16-14-24(15-17-33)29(35)31-26-10-7-8-21(2)23(26)4/h5-6,9,11-13,18,21,23-24,26H,7-8,10,14-17,19H2,1-4H3,(H,31,35)/t21-,23-,26-/m1/s1. The Morgan fingerprint density at radius 1 is 1.03 bits per heavy atom. The lowest BCUT2D eigenvalue weighted by molar-refractivity contribution is -0.127. The Labute approximate surface area is 209 Å². The van der Waals surface area contributed by atoms with Gasteiger partial charge >= 0.3 is 0 Å². The molecule has 5 nitrogen and oxygen atoms in total. The highest BCUT2D eigenvalue weighted by Gasteiger charge is 2.32. The quantitative estimate of drug-likeness (QED) is 0.506. The minimum Gasteiger partial charge on any atom is -0.353 e. The number of piperidine rings is 1. The predicted octanol–water partition coefficient (Wildman–Crippen LogP) is 5.86. The van der Waals surface area contributed by atoms with Crippen molar-refractivity contribution in [3.8, 4) is 0 Å². The maximum atomic E-state index is 13.1. The largest absolute Gasteiger partial charge is 0.353 e. The predicted molar refractivity (Wildman–Crippen MR) is 144 cm³/mol. The van der Waals surface area contributed by atoms with Crippen LogP contribution in [0.1, 0.15) is 62.6 Å². The van der Waals surface area contributed by atoms with Crippen LogP contribution in [-0.4, -0.2) is 34.6 Å². The van der Waals surface area contributed by atoms with Crippen molar-refractivity contribution in [3.63, 3.8) is 0 Å². The van der Waals surface area contributed by atoms with Crippen LogP contribution in [0.2, 0.25) is 0 Å². The zero-order valence-corrected chi connectivity index (χ0v) is 21.8. The molecule has 1 saturated carbocycles. The first-order valence-electron chi connectivity index (χ1n) is 13.5. The van der Waals surface area contributed by atoms with Crippen LogP contribution in [0.3, 0.4) is 0 Å². The Morgan fingerprint density at radius 3 is 2.60 bits per heavy atom. The molecule has 3 atom stereocenters. The summed E-state index contributed by atoms with van der Waals surface area (Å²) in [5, 5.41) is 3.42. The lowest BCUT2D eigenvalue weighted by atomic mass is 9.78. The van der Waals surface area contributed by atoms with Crippen molar-refractivity contribution in [2.24, 2.45) is 17.8 Å². The van der Waals surface area contributed by atoms with E-state index in [0.717, 1.165) is 50.4 Å². The summed E-state index contributed by atoms with van der Waals surface area (Å²) in [4.78, 5) is 20.6. The molecule has 186 valence electrons. The number of carbonyl (C=O) groups is 1. The lowest BCUT2D eigenvalue weighted by Crippen LogP contribution is -2.48. The summed E-state index contributed by atoms with van der Waals surface area (Å²) in [6, 6.07) is 15.4. The molecule has 2 aromatic carbocycles.